The zero-order valence-electron chi connectivity index (χ0n) is 15.8. The molecule has 1 aliphatic rings. The molecule has 1 aromatic carbocycles. The molecule has 0 bridgehead atoms. The molecule has 0 unspecified atom stereocenters. The van der Waals surface area contributed by atoms with Crippen molar-refractivity contribution in [3.8, 4) is 5.75 Å². The Kier molecular flexibility index (Phi) is 6.68. The molecule has 5 N–H and O–H groups in total. The quantitative estimate of drug-likeness (QED) is 0.313. The van der Waals surface area contributed by atoms with Gasteiger partial charge in [-0.05, 0) is 31.5 Å². The first-order valence-corrected chi connectivity index (χ1v) is 9.15. The number of hydrogen-bond acceptors (Lipinski definition) is 9. The highest BCUT2D eigenvalue weighted by atomic mass is 16.7. The Morgan fingerprint density at radius 2 is 1.83 bits per heavy atom. The molecule has 1 aromatic heterocycles. The predicted molar refractivity (Wildman–Crippen MR) is 101 cm³/mol. The third kappa shape index (κ3) is 4.50. The summed E-state index contributed by atoms with van der Waals surface area (Å²) in [4.78, 5) is 11.7. The number of benzene rings is 1. The van der Waals surface area contributed by atoms with Crippen molar-refractivity contribution in [1.82, 2.24) is 0 Å². The molecule has 0 aliphatic carbocycles. The van der Waals surface area contributed by atoms with Gasteiger partial charge in [-0.25, -0.2) is 4.79 Å². The molecule has 29 heavy (non-hydrogen) atoms. The van der Waals surface area contributed by atoms with Crippen LogP contribution in [0.4, 0.5) is 0 Å². The van der Waals surface area contributed by atoms with E-state index < -0.39 is 42.9 Å². The lowest BCUT2D eigenvalue weighted by Gasteiger charge is -2.39. The third-order valence-electron chi connectivity index (χ3n) is 4.85. The average Bonchev–Trinajstić information content (AvgIpc) is 2.72. The van der Waals surface area contributed by atoms with Crippen LogP contribution in [0.2, 0.25) is 0 Å². The second kappa shape index (κ2) is 9.04. The maximum atomic E-state index is 11.7. The summed E-state index contributed by atoms with van der Waals surface area (Å²) < 4.78 is 16.5. The molecule has 0 saturated carbocycles. The molecule has 2 heterocycles. The number of rotatable bonds is 6. The number of aliphatic hydroxyl groups excluding tert-OH is 5. The monoisotopic (exact) mass is 408 g/mol. The van der Waals surface area contributed by atoms with Crippen LogP contribution in [-0.2, 0) is 11.2 Å². The molecule has 5 atom stereocenters. The second-order valence-corrected chi connectivity index (χ2v) is 6.94. The van der Waals surface area contributed by atoms with Crippen LogP contribution < -0.4 is 10.4 Å². The minimum absolute atomic E-state index is 0.141. The van der Waals surface area contributed by atoms with Gasteiger partial charge in [-0.2, -0.15) is 0 Å². The van der Waals surface area contributed by atoms with Gasteiger partial charge in [-0.15, -0.1) is 0 Å². The van der Waals surface area contributed by atoms with Crippen molar-refractivity contribution in [1.29, 1.82) is 0 Å². The summed E-state index contributed by atoms with van der Waals surface area (Å²) in [7, 11) is 0. The Labute approximate surface area is 166 Å². The van der Waals surface area contributed by atoms with Gasteiger partial charge in [0.2, 0.25) is 6.29 Å². The van der Waals surface area contributed by atoms with E-state index in [1.807, 2.05) is 0 Å². The molecule has 9 nitrogen and oxygen atoms in total. The number of allylic oxidation sites excluding steroid dienone is 1. The van der Waals surface area contributed by atoms with Crippen LogP contribution in [0, 0.1) is 0 Å². The van der Waals surface area contributed by atoms with Crippen LogP contribution in [0.15, 0.2) is 45.1 Å². The van der Waals surface area contributed by atoms with Crippen molar-refractivity contribution < 1.29 is 39.4 Å². The van der Waals surface area contributed by atoms with Crippen molar-refractivity contribution in [3.05, 3.63) is 51.9 Å². The van der Waals surface area contributed by atoms with E-state index in [4.69, 9.17) is 13.9 Å². The summed E-state index contributed by atoms with van der Waals surface area (Å²) in [6.07, 6.45) is -5.15. The Bertz CT molecular complexity index is 933. The maximum Gasteiger partial charge on any atom is 0.336 e. The molecule has 3 rings (SSSR count). The van der Waals surface area contributed by atoms with E-state index in [0.29, 0.717) is 16.5 Å². The molecule has 2 aromatic rings. The molecular formula is C20H24O9. The molecule has 9 heteroatoms. The third-order valence-corrected chi connectivity index (χ3v) is 4.85. The second-order valence-electron chi connectivity index (χ2n) is 6.94. The van der Waals surface area contributed by atoms with Crippen LogP contribution in [-0.4, -0.2) is 69.5 Å². The Hall–Kier alpha value is -2.27. The fourth-order valence-electron chi connectivity index (χ4n) is 3.11. The molecule has 158 valence electrons. The van der Waals surface area contributed by atoms with Gasteiger partial charge in [-0.3, -0.25) is 0 Å². The van der Waals surface area contributed by atoms with E-state index in [9.17, 15) is 30.3 Å². The van der Waals surface area contributed by atoms with E-state index in [-0.39, 0.29) is 24.4 Å². The molecule has 1 saturated heterocycles. The lowest BCUT2D eigenvalue weighted by Crippen LogP contribution is -2.60. The lowest BCUT2D eigenvalue weighted by molar-refractivity contribution is -0.277. The first-order valence-electron chi connectivity index (χ1n) is 9.15. The Morgan fingerprint density at radius 1 is 1.10 bits per heavy atom. The normalized spacial score (nSPS) is 27.9. The highest BCUT2D eigenvalue weighted by Crippen LogP contribution is 2.31. The number of aliphatic hydroxyl groups is 5. The van der Waals surface area contributed by atoms with E-state index in [0.717, 1.165) is 0 Å². The van der Waals surface area contributed by atoms with Gasteiger partial charge in [0.15, 0.2) is 0 Å². The minimum atomic E-state index is -1.58. The van der Waals surface area contributed by atoms with Gasteiger partial charge in [0.25, 0.3) is 0 Å². The topological polar surface area (TPSA) is 150 Å². The number of fused-ring (bicyclic) bond motifs is 1. The minimum Gasteiger partial charge on any atom is -0.462 e. The summed E-state index contributed by atoms with van der Waals surface area (Å²) >= 11 is 0. The van der Waals surface area contributed by atoms with E-state index in [2.05, 4.69) is 0 Å². The first-order chi connectivity index (χ1) is 13.8. The first kappa shape index (κ1) is 21.4. The highest BCUT2D eigenvalue weighted by molar-refractivity contribution is 5.82. The van der Waals surface area contributed by atoms with Crippen LogP contribution in [0.25, 0.3) is 11.0 Å². The SMILES string of the molecule is C/C(=C\Cc1c(O[C@@H]2O[C@H](CO)[C@@H](O)[C@H](O)[C@H]2O)ccc2ccc(=O)oc12)CO. The molecule has 0 amide bonds. The van der Waals surface area contributed by atoms with Gasteiger partial charge >= 0.3 is 5.63 Å². The van der Waals surface area contributed by atoms with Crippen molar-refractivity contribution in [3.63, 3.8) is 0 Å². The Morgan fingerprint density at radius 3 is 2.52 bits per heavy atom. The largest absolute Gasteiger partial charge is 0.462 e. The van der Waals surface area contributed by atoms with Crippen LogP contribution >= 0.6 is 0 Å². The van der Waals surface area contributed by atoms with Crippen LogP contribution in [0.5, 0.6) is 5.75 Å². The smallest absolute Gasteiger partial charge is 0.336 e. The van der Waals surface area contributed by atoms with Crippen LogP contribution in [0.3, 0.4) is 0 Å². The standard InChI is InChI=1S/C20H24O9/c1-10(8-21)2-5-12-13(6-3-11-4-7-15(23)29-19(11)12)27-20-18(26)17(25)16(24)14(9-22)28-20/h2-4,6-7,14,16-18,20-22,24-26H,5,8-9H2,1H3/b10-2+/t14-,16-,17+,18-,20-/m1/s1. The van der Waals surface area contributed by atoms with Gasteiger partial charge in [0.1, 0.15) is 35.7 Å². The molecule has 0 radical (unpaired) electrons. The molecule has 0 spiro atoms. The van der Waals surface area contributed by atoms with E-state index >= 15 is 0 Å². The van der Waals surface area contributed by atoms with Gasteiger partial charge in [-0.1, -0.05) is 11.6 Å². The predicted octanol–water partition coefficient (Wildman–Crippen LogP) is -0.547. The summed E-state index contributed by atoms with van der Waals surface area (Å²) in [6, 6.07) is 6.15. The summed E-state index contributed by atoms with van der Waals surface area (Å²) in [5.41, 5.74) is 0.900. The molecule has 1 aliphatic heterocycles. The fraction of sp³-hybridized carbons (Fsp3) is 0.450. The van der Waals surface area contributed by atoms with Crippen molar-refractivity contribution in [2.75, 3.05) is 13.2 Å². The van der Waals surface area contributed by atoms with Crippen molar-refractivity contribution in [2.24, 2.45) is 0 Å². The summed E-state index contributed by atoms with van der Waals surface area (Å²) in [5, 5.41) is 49.3. The fourth-order valence-corrected chi connectivity index (χ4v) is 3.11. The zero-order chi connectivity index (χ0) is 21.1. The van der Waals surface area contributed by atoms with Crippen molar-refractivity contribution in [2.45, 2.75) is 44.1 Å². The van der Waals surface area contributed by atoms with E-state index in [1.165, 1.54) is 6.07 Å². The highest BCUT2D eigenvalue weighted by Gasteiger charge is 2.44. The number of hydrogen-bond donors (Lipinski definition) is 5. The lowest BCUT2D eigenvalue weighted by atomic mass is 9.99. The number of ether oxygens (including phenoxy) is 2. The average molecular weight is 408 g/mol. The maximum absolute atomic E-state index is 11.7. The van der Waals surface area contributed by atoms with Crippen molar-refractivity contribution >= 4 is 11.0 Å². The molecular weight excluding hydrogens is 384 g/mol. The van der Waals surface area contributed by atoms with Gasteiger partial charge in [0.05, 0.1) is 13.2 Å². The van der Waals surface area contributed by atoms with Gasteiger partial charge < -0.3 is 39.4 Å². The van der Waals surface area contributed by atoms with Gasteiger partial charge in [0, 0.05) is 17.0 Å². The van der Waals surface area contributed by atoms with Crippen LogP contribution in [0.1, 0.15) is 12.5 Å². The molecule has 1 fully saturated rings. The zero-order valence-corrected chi connectivity index (χ0v) is 15.8. The summed E-state index contributed by atoms with van der Waals surface area (Å²) in [5.74, 6) is 0.221. The van der Waals surface area contributed by atoms with E-state index in [1.54, 1.807) is 31.2 Å². The Balaban J connectivity index is 2.00. The summed E-state index contributed by atoms with van der Waals surface area (Å²) in [6.45, 7) is 1.01.